The van der Waals surface area contributed by atoms with Gasteiger partial charge in [0.05, 0.1) is 0 Å². The van der Waals surface area contributed by atoms with Crippen molar-refractivity contribution in [3.8, 4) is 0 Å². The van der Waals surface area contributed by atoms with Crippen LogP contribution in [0.3, 0.4) is 0 Å². The highest BCUT2D eigenvalue weighted by Crippen LogP contribution is 2.31. The smallest absolute Gasteiger partial charge is 0.130 e. The monoisotopic (exact) mass is 388 g/mol. The standard InChI is InChI=1S/C15H12Br2F2/c1-9-5-12(15(19)8-14(9)18)13(17)7-10-3-2-4-11(16)6-10/h2-6,8,13H,7H2,1H3. The van der Waals surface area contributed by atoms with E-state index < -0.39 is 11.6 Å². The van der Waals surface area contributed by atoms with E-state index in [4.69, 9.17) is 0 Å². The van der Waals surface area contributed by atoms with Crippen molar-refractivity contribution in [2.45, 2.75) is 18.2 Å². The second-order valence-corrected chi connectivity index (χ2v) is 6.45. The summed E-state index contributed by atoms with van der Waals surface area (Å²) in [6, 6.07) is 10.3. The van der Waals surface area contributed by atoms with Crippen LogP contribution in [0.25, 0.3) is 0 Å². The van der Waals surface area contributed by atoms with Gasteiger partial charge >= 0.3 is 0 Å². The molecule has 0 amide bonds. The van der Waals surface area contributed by atoms with Gasteiger partial charge in [0.15, 0.2) is 0 Å². The molecule has 0 nitrogen and oxygen atoms in total. The van der Waals surface area contributed by atoms with Crippen molar-refractivity contribution in [1.82, 2.24) is 0 Å². The number of alkyl halides is 1. The summed E-state index contributed by atoms with van der Waals surface area (Å²) in [5, 5.41) is 0. The lowest BCUT2D eigenvalue weighted by Crippen LogP contribution is -2.01. The van der Waals surface area contributed by atoms with Crippen LogP contribution in [-0.4, -0.2) is 0 Å². The average molecular weight is 390 g/mol. The molecule has 0 N–H and O–H groups in total. The van der Waals surface area contributed by atoms with E-state index in [9.17, 15) is 8.78 Å². The van der Waals surface area contributed by atoms with Gasteiger partial charge in [0.1, 0.15) is 11.6 Å². The van der Waals surface area contributed by atoms with Crippen molar-refractivity contribution in [3.63, 3.8) is 0 Å². The first-order valence-electron chi connectivity index (χ1n) is 5.81. The predicted octanol–water partition coefficient (Wildman–Crippen LogP) is 5.71. The molecule has 0 aliphatic heterocycles. The third kappa shape index (κ3) is 3.63. The van der Waals surface area contributed by atoms with E-state index in [0.717, 1.165) is 16.1 Å². The molecule has 1 unspecified atom stereocenters. The van der Waals surface area contributed by atoms with Gasteiger partial charge in [0, 0.05) is 20.9 Å². The van der Waals surface area contributed by atoms with E-state index in [1.807, 2.05) is 24.3 Å². The summed E-state index contributed by atoms with van der Waals surface area (Å²) in [4.78, 5) is -0.180. The van der Waals surface area contributed by atoms with Gasteiger partial charge < -0.3 is 0 Å². The summed E-state index contributed by atoms with van der Waals surface area (Å²) in [6.45, 7) is 1.64. The zero-order chi connectivity index (χ0) is 14.0. The first-order valence-corrected chi connectivity index (χ1v) is 7.52. The summed E-state index contributed by atoms with van der Waals surface area (Å²) < 4.78 is 28.0. The van der Waals surface area contributed by atoms with Crippen LogP contribution >= 0.6 is 31.9 Å². The maximum Gasteiger partial charge on any atom is 0.130 e. The molecule has 0 bridgehead atoms. The summed E-state index contributed by atoms with van der Waals surface area (Å²) in [5.41, 5.74) is 2.02. The fourth-order valence-electron chi connectivity index (χ4n) is 1.90. The molecule has 0 fully saturated rings. The van der Waals surface area contributed by atoms with Crippen molar-refractivity contribution in [2.75, 3.05) is 0 Å². The molecule has 19 heavy (non-hydrogen) atoms. The minimum atomic E-state index is -0.514. The molecule has 0 aliphatic rings. The lowest BCUT2D eigenvalue weighted by molar-refractivity contribution is 0.566. The predicted molar refractivity (Wildman–Crippen MR) is 80.6 cm³/mol. The van der Waals surface area contributed by atoms with Crippen LogP contribution in [0.15, 0.2) is 40.9 Å². The zero-order valence-electron chi connectivity index (χ0n) is 10.3. The number of rotatable bonds is 3. The second kappa shape index (κ2) is 6.14. The van der Waals surface area contributed by atoms with Crippen molar-refractivity contribution < 1.29 is 8.78 Å². The first-order chi connectivity index (χ1) is 8.97. The van der Waals surface area contributed by atoms with Gasteiger partial charge in [-0.2, -0.15) is 0 Å². The molecule has 0 saturated carbocycles. The molecule has 1 atom stereocenters. The topological polar surface area (TPSA) is 0 Å². The summed E-state index contributed by atoms with van der Waals surface area (Å²) in [6.07, 6.45) is 0.640. The molecular formula is C15H12Br2F2. The average Bonchev–Trinajstić information content (AvgIpc) is 2.33. The summed E-state index contributed by atoms with van der Waals surface area (Å²) in [5.74, 6) is -1.02. The van der Waals surface area contributed by atoms with Crippen molar-refractivity contribution >= 4 is 31.9 Å². The lowest BCUT2D eigenvalue weighted by atomic mass is 10.0. The molecule has 0 saturated heterocycles. The highest BCUT2D eigenvalue weighted by Gasteiger charge is 2.15. The Kier molecular flexibility index (Phi) is 4.74. The number of halogens is 4. The molecule has 100 valence electrons. The van der Waals surface area contributed by atoms with Crippen LogP contribution in [0.4, 0.5) is 8.78 Å². The Morgan fingerprint density at radius 3 is 2.53 bits per heavy atom. The Labute approximate surface area is 128 Å². The molecule has 2 aromatic carbocycles. The van der Waals surface area contributed by atoms with Crippen molar-refractivity contribution in [1.29, 1.82) is 0 Å². The highest BCUT2D eigenvalue weighted by atomic mass is 79.9. The van der Waals surface area contributed by atoms with E-state index in [1.165, 1.54) is 0 Å². The molecule has 2 aromatic rings. The van der Waals surface area contributed by atoms with Gasteiger partial charge in [0.2, 0.25) is 0 Å². The summed E-state index contributed by atoms with van der Waals surface area (Å²) >= 11 is 6.88. The van der Waals surface area contributed by atoms with Gasteiger partial charge in [0.25, 0.3) is 0 Å². The fraction of sp³-hybridized carbons (Fsp3) is 0.200. The Morgan fingerprint density at radius 2 is 1.84 bits per heavy atom. The first kappa shape index (κ1) is 14.7. The van der Waals surface area contributed by atoms with Crippen LogP contribution in [-0.2, 0) is 6.42 Å². The second-order valence-electron chi connectivity index (χ2n) is 4.42. The Morgan fingerprint density at radius 1 is 1.11 bits per heavy atom. The Bertz CT molecular complexity index is 597. The Balaban J connectivity index is 2.25. The molecular weight excluding hydrogens is 378 g/mol. The van der Waals surface area contributed by atoms with E-state index in [-0.39, 0.29) is 4.83 Å². The van der Waals surface area contributed by atoms with Crippen LogP contribution in [0.1, 0.15) is 21.5 Å². The quantitative estimate of drug-likeness (QED) is 0.589. The van der Waals surface area contributed by atoms with Gasteiger partial charge in [-0.25, -0.2) is 8.78 Å². The molecule has 0 radical (unpaired) electrons. The normalized spacial score (nSPS) is 12.5. The van der Waals surface area contributed by atoms with Gasteiger partial charge in [-0.3, -0.25) is 0 Å². The van der Waals surface area contributed by atoms with Gasteiger partial charge in [-0.15, -0.1) is 0 Å². The zero-order valence-corrected chi connectivity index (χ0v) is 13.4. The van der Waals surface area contributed by atoms with Crippen LogP contribution in [0.5, 0.6) is 0 Å². The van der Waals surface area contributed by atoms with Crippen LogP contribution in [0, 0.1) is 18.6 Å². The maximum absolute atomic E-state index is 13.8. The third-order valence-electron chi connectivity index (χ3n) is 2.92. The molecule has 0 spiro atoms. The number of aryl methyl sites for hydroxylation is 1. The highest BCUT2D eigenvalue weighted by molar-refractivity contribution is 9.10. The van der Waals surface area contributed by atoms with Crippen molar-refractivity contribution in [3.05, 3.63) is 69.2 Å². The summed E-state index contributed by atoms with van der Waals surface area (Å²) in [7, 11) is 0. The number of hydrogen-bond acceptors (Lipinski definition) is 0. The lowest BCUT2D eigenvalue weighted by Gasteiger charge is -2.13. The molecule has 2 rings (SSSR count). The van der Waals surface area contributed by atoms with E-state index in [2.05, 4.69) is 31.9 Å². The van der Waals surface area contributed by atoms with Gasteiger partial charge in [-0.05, 0) is 42.7 Å². The molecule has 0 aliphatic carbocycles. The minimum absolute atomic E-state index is 0.180. The minimum Gasteiger partial charge on any atom is -0.207 e. The largest absolute Gasteiger partial charge is 0.207 e. The maximum atomic E-state index is 13.8. The van der Waals surface area contributed by atoms with Crippen molar-refractivity contribution in [2.24, 2.45) is 0 Å². The van der Waals surface area contributed by atoms with E-state index in [1.54, 1.807) is 13.0 Å². The molecule has 0 heterocycles. The number of hydrogen-bond donors (Lipinski definition) is 0. The third-order valence-corrected chi connectivity index (χ3v) is 4.23. The van der Waals surface area contributed by atoms with E-state index in [0.29, 0.717) is 17.5 Å². The fourth-order valence-corrected chi connectivity index (χ4v) is 3.07. The van der Waals surface area contributed by atoms with Crippen LogP contribution in [0.2, 0.25) is 0 Å². The Hall–Kier alpha value is -0.740. The molecule has 4 heteroatoms. The number of benzene rings is 2. The molecule has 0 aromatic heterocycles. The van der Waals surface area contributed by atoms with E-state index >= 15 is 0 Å². The van der Waals surface area contributed by atoms with Gasteiger partial charge in [-0.1, -0.05) is 44.0 Å². The SMILES string of the molecule is Cc1cc(C(Br)Cc2cccc(Br)c2)c(F)cc1F. The van der Waals surface area contributed by atoms with Crippen LogP contribution < -0.4 is 0 Å².